The van der Waals surface area contributed by atoms with E-state index < -0.39 is 0 Å². The van der Waals surface area contributed by atoms with Gasteiger partial charge >= 0.3 is 0 Å². The van der Waals surface area contributed by atoms with E-state index in [1.54, 1.807) is 13.2 Å². The number of hydrogen-bond acceptors (Lipinski definition) is 2. The Labute approximate surface area is 113 Å². The fraction of sp³-hybridized carbons (Fsp3) is 0.250. The lowest BCUT2D eigenvalue weighted by atomic mass is 10.0. The van der Waals surface area contributed by atoms with E-state index in [2.05, 4.69) is 5.32 Å². The summed E-state index contributed by atoms with van der Waals surface area (Å²) in [6, 6.07) is 11.0. The molecule has 0 aromatic heterocycles. The first-order chi connectivity index (χ1) is 9.13. The average molecular weight is 259 g/mol. The second kappa shape index (κ2) is 5.85. The molecular formula is C16H18FNO. The van der Waals surface area contributed by atoms with Gasteiger partial charge in [-0.2, -0.15) is 0 Å². The normalized spacial score (nSPS) is 10.5. The lowest BCUT2D eigenvalue weighted by molar-refractivity contribution is 0.408. The molecule has 2 rings (SSSR count). The molecule has 0 radical (unpaired) electrons. The SMILES string of the molecule is CNCc1cc(-c2cc(C)cc(F)c2)ccc1OC. The molecule has 100 valence electrons. The third kappa shape index (κ3) is 3.12. The van der Waals surface area contributed by atoms with Crippen molar-refractivity contribution in [1.82, 2.24) is 5.32 Å². The fourth-order valence-electron chi connectivity index (χ4n) is 2.19. The van der Waals surface area contributed by atoms with E-state index in [-0.39, 0.29) is 5.82 Å². The van der Waals surface area contributed by atoms with Gasteiger partial charge in [-0.3, -0.25) is 0 Å². The van der Waals surface area contributed by atoms with E-state index in [1.165, 1.54) is 6.07 Å². The van der Waals surface area contributed by atoms with Crippen molar-refractivity contribution < 1.29 is 9.13 Å². The molecule has 3 heteroatoms. The van der Waals surface area contributed by atoms with Gasteiger partial charge in [-0.25, -0.2) is 4.39 Å². The van der Waals surface area contributed by atoms with Gasteiger partial charge < -0.3 is 10.1 Å². The van der Waals surface area contributed by atoms with Crippen LogP contribution in [-0.4, -0.2) is 14.2 Å². The predicted octanol–water partition coefficient (Wildman–Crippen LogP) is 3.53. The van der Waals surface area contributed by atoms with Gasteiger partial charge in [0.15, 0.2) is 0 Å². The van der Waals surface area contributed by atoms with Crippen molar-refractivity contribution in [3.8, 4) is 16.9 Å². The van der Waals surface area contributed by atoms with E-state index in [4.69, 9.17) is 4.74 Å². The number of benzene rings is 2. The van der Waals surface area contributed by atoms with E-state index in [0.29, 0.717) is 6.54 Å². The van der Waals surface area contributed by atoms with Gasteiger partial charge in [0.05, 0.1) is 7.11 Å². The van der Waals surface area contributed by atoms with Crippen LogP contribution >= 0.6 is 0 Å². The molecule has 0 spiro atoms. The van der Waals surface area contributed by atoms with Crippen molar-refractivity contribution >= 4 is 0 Å². The highest BCUT2D eigenvalue weighted by atomic mass is 19.1. The largest absolute Gasteiger partial charge is 0.496 e. The van der Waals surface area contributed by atoms with Gasteiger partial charge in [0.2, 0.25) is 0 Å². The van der Waals surface area contributed by atoms with Gasteiger partial charge in [0.25, 0.3) is 0 Å². The molecule has 0 saturated heterocycles. The lowest BCUT2D eigenvalue weighted by Crippen LogP contribution is -2.06. The molecule has 0 aliphatic heterocycles. The summed E-state index contributed by atoms with van der Waals surface area (Å²) < 4.78 is 18.8. The Bertz CT molecular complexity index is 561. The van der Waals surface area contributed by atoms with Crippen LogP contribution < -0.4 is 10.1 Å². The molecule has 0 saturated carbocycles. The highest BCUT2D eigenvalue weighted by Gasteiger charge is 2.06. The van der Waals surface area contributed by atoms with Gasteiger partial charge in [0.1, 0.15) is 11.6 Å². The van der Waals surface area contributed by atoms with Crippen molar-refractivity contribution in [2.24, 2.45) is 0 Å². The quantitative estimate of drug-likeness (QED) is 0.907. The van der Waals surface area contributed by atoms with E-state index in [1.807, 2.05) is 38.2 Å². The van der Waals surface area contributed by atoms with Crippen LogP contribution in [0.2, 0.25) is 0 Å². The van der Waals surface area contributed by atoms with Gasteiger partial charge in [-0.05, 0) is 54.9 Å². The average Bonchev–Trinajstić information content (AvgIpc) is 2.38. The maximum atomic E-state index is 13.5. The molecule has 2 aromatic carbocycles. The molecule has 0 amide bonds. The Morgan fingerprint density at radius 2 is 1.89 bits per heavy atom. The summed E-state index contributed by atoms with van der Waals surface area (Å²) in [4.78, 5) is 0. The zero-order valence-corrected chi connectivity index (χ0v) is 11.5. The highest BCUT2D eigenvalue weighted by Crippen LogP contribution is 2.27. The zero-order valence-electron chi connectivity index (χ0n) is 11.5. The summed E-state index contributed by atoms with van der Waals surface area (Å²) in [5, 5.41) is 3.11. The molecule has 0 aliphatic carbocycles. The molecule has 1 N–H and O–H groups in total. The Balaban J connectivity index is 2.47. The van der Waals surface area contributed by atoms with Crippen LogP contribution in [0.1, 0.15) is 11.1 Å². The number of methoxy groups -OCH3 is 1. The summed E-state index contributed by atoms with van der Waals surface area (Å²) in [7, 11) is 3.54. The second-order valence-electron chi connectivity index (χ2n) is 4.57. The number of nitrogens with one attached hydrogen (secondary N) is 1. The van der Waals surface area contributed by atoms with Crippen LogP contribution in [0.3, 0.4) is 0 Å². The third-order valence-electron chi connectivity index (χ3n) is 3.02. The summed E-state index contributed by atoms with van der Waals surface area (Å²) in [6.45, 7) is 2.61. The first kappa shape index (κ1) is 13.6. The molecule has 0 atom stereocenters. The summed E-state index contributed by atoms with van der Waals surface area (Å²) in [5.41, 5.74) is 3.86. The number of rotatable bonds is 4. The van der Waals surface area contributed by atoms with Crippen LogP contribution in [0, 0.1) is 12.7 Å². The molecule has 0 heterocycles. The molecule has 0 fully saturated rings. The first-order valence-corrected chi connectivity index (χ1v) is 6.23. The molecule has 0 aliphatic rings. The van der Waals surface area contributed by atoms with Crippen molar-refractivity contribution in [2.45, 2.75) is 13.5 Å². The van der Waals surface area contributed by atoms with Gasteiger partial charge in [-0.1, -0.05) is 12.1 Å². The minimum absolute atomic E-state index is 0.207. The van der Waals surface area contributed by atoms with Gasteiger partial charge in [0, 0.05) is 12.1 Å². The van der Waals surface area contributed by atoms with Crippen molar-refractivity contribution in [2.75, 3.05) is 14.2 Å². The molecule has 2 nitrogen and oxygen atoms in total. The Morgan fingerprint density at radius 1 is 1.11 bits per heavy atom. The minimum Gasteiger partial charge on any atom is -0.496 e. The number of hydrogen-bond donors (Lipinski definition) is 1. The van der Waals surface area contributed by atoms with E-state index >= 15 is 0 Å². The van der Waals surface area contributed by atoms with Crippen molar-refractivity contribution in [3.63, 3.8) is 0 Å². The minimum atomic E-state index is -0.207. The van der Waals surface area contributed by atoms with Crippen molar-refractivity contribution in [1.29, 1.82) is 0 Å². The van der Waals surface area contributed by atoms with Gasteiger partial charge in [-0.15, -0.1) is 0 Å². The molecule has 0 bridgehead atoms. The number of aryl methyl sites for hydroxylation is 1. The van der Waals surface area contributed by atoms with Crippen LogP contribution in [-0.2, 0) is 6.54 Å². The predicted molar refractivity (Wildman–Crippen MR) is 75.9 cm³/mol. The smallest absolute Gasteiger partial charge is 0.124 e. The maximum absolute atomic E-state index is 13.5. The van der Waals surface area contributed by atoms with Crippen LogP contribution in [0.5, 0.6) is 5.75 Å². The number of halogens is 1. The summed E-state index contributed by atoms with van der Waals surface area (Å²) in [6.07, 6.45) is 0. The van der Waals surface area contributed by atoms with Crippen LogP contribution in [0.15, 0.2) is 36.4 Å². The molecule has 2 aromatic rings. The molecule has 0 unspecified atom stereocenters. The molecular weight excluding hydrogens is 241 g/mol. The standard InChI is InChI=1S/C16H18FNO/c1-11-6-13(9-15(17)7-11)12-4-5-16(19-3)14(8-12)10-18-2/h4-9,18H,10H2,1-3H3. The van der Waals surface area contributed by atoms with E-state index in [0.717, 1.165) is 28.0 Å². The zero-order chi connectivity index (χ0) is 13.8. The molecule has 19 heavy (non-hydrogen) atoms. The monoisotopic (exact) mass is 259 g/mol. The maximum Gasteiger partial charge on any atom is 0.124 e. The Hall–Kier alpha value is -1.87. The Morgan fingerprint density at radius 3 is 2.53 bits per heavy atom. The Kier molecular flexibility index (Phi) is 4.17. The van der Waals surface area contributed by atoms with Crippen LogP contribution in [0.4, 0.5) is 4.39 Å². The van der Waals surface area contributed by atoms with Crippen molar-refractivity contribution in [3.05, 3.63) is 53.3 Å². The van der Waals surface area contributed by atoms with Crippen LogP contribution in [0.25, 0.3) is 11.1 Å². The summed E-state index contributed by atoms with van der Waals surface area (Å²) >= 11 is 0. The first-order valence-electron chi connectivity index (χ1n) is 6.23. The summed E-state index contributed by atoms with van der Waals surface area (Å²) in [5.74, 6) is 0.632. The fourth-order valence-corrected chi connectivity index (χ4v) is 2.19. The third-order valence-corrected chi connectivity index (χ3v) is 3.02. The highest BCUT2D eigenvalue weighted by molar-refractivity contribution is 5.66. The number of ether oxygens (including phenoxy) is 1. The second-order valence-corrected chi connectivity index (χ2v) is 4.57. The lowest BCUT2D eigenvalue weighted by Gasteiger charge is -2.11. The topological polar surface area (TPSA) is 21.3 Å². The van der Waals surface area contributed by atoms with E-state index in [9.17, 15) is 4.39 Å².